The van der Waals surface area contributed by atoms with Gasteiger partial charge >= 0.3 is 0 Å². The SMILES string of the molecule is CCC(C)[Si](Oc1ccc2c(c1)OCC(N1CCC(O)(c3ccc(F)cc3)CC1)C2O)(C(C)C)C(C)CC. The molecule has 2 aliphatic heterocycles. The lowest BCUT2D eigenvalue weighted by Gasteiger charge is -2.45. The van der Waals surface area contributed by atoms with Gasteiger partial charge in [-0.05, 0) is 59.3 Å². The summed E-state index contributed by atoms with van der Waals surface area (Å²) in [6, 6.07) is 11.9. The summed E-state index contributed by atoms with van der Waals surface area (Å²) in [7, 11) is -2.14. The molecule has 0 amide bonds. The predicted octanol–water partition coefficient (Wildman–Crippen LogP) is 6.94. The van der Waals surface area contributed by atoms with Crippen molar-refractivity contribution in [3.8, 4) is 11.5 Å². The van der Waals surface area contributed by atoms with Gasteiger partial charge in [-0.15, -0.1) is 0 Å². The minimum Gasteiger partial charge on any atom is -0.543 e. The molecule has 2 aromatic carbocycles. The molecule has 4 unspecified atom stereocenters. The Balaban J connectivity index is 1.48. The van der Waals surface area contributed by atoms with E-state index in [-0.39, 0.29) is 11.9 Å². The Bertz CT molecular complexity index is 1060. The van der Waals surface area contributed by atoms with Crippen LogP contribution in [0.4, 0.5) is 4.39 Å². The summed E-state index contributed by atoms with van der Waals surface area (Å²) in [5.74, 6) is 1.24. The van der Waals surface area contributed by atoms with Crippen LogP contribution in [0.1, 0.15) is 84.5 Å². The van der Waals surface area contributed by atoms with Gasteiger partial charge in [0.2, 0.25) is 0 Å². The van der Waals surface area contributed by atoms with Crippen LogP contribution in [0.25, 0.3) is 0 Å². The maximum absolute atomic E-state index is 13.4. The number of fused-ring (bicyclic) bond motifs is 1. The molecular weight excluding hydrogens is 497 g/mol. The zero-order valence-electron chi connectivity index (χ0n) is 23.9. The molecule has 0 aromatic heterocycles. The van der Waals surface area contributed by atoms with E-state index in [1.54, 1.807) is 12.1 Å². The van der Waals surface area contributed by atoms with Gasteiger partial charge < -0.3 is 19.4 Å². The second-order valence-corrected chi connectivity index (χ2v) is 16.9. The Morgan fingerprint density at radius 2 is 1.63 bits per heavy atom. The topological polar surface area (TPSA) is 62.2 Å². The van der Waals surface area contributed by atoms with Gasteiger partial charge in [0, 0.05) is 24.7 Å². The van der Waals surface area contributed by atoms with Gasteiger partial charge in [-0.3, -0.25) is 4.90 Å². The van der Waals surface area contributed by atoms with Crippen molar-refractivity contribution in [3.05, 3.63) is 59.4 Å². The second kappa shape index (κ2) is 11.7. The maximum Gasteiger partial charge on any atom is 0.259 e. The fourth-order valence-electron chi connectivity index (χ4n) is 6.79. The van der Waals surface area contributed by atoms with Crippen LogP contribution in [0.3, 0.4) is 0 Å². The van der Waals surface area contributed by atoms with Gasteiger partial charge in [-0.1, -0.05) is 66.5 Å². The van der Waals surface area contributed by atoms with Crippen molar-refractivity contribution in [2.45, 2.75) is 102 Å². The predicted molar refractivity (Wildman–Crippen MR) is 153 cm³/mol. The highest BCUT2D eigenvalue weighted by Crippen LogP contribution is 2.47. The number of aliphatic hydroxyl groups excluding tert-OH is 1. The van der Waals surface area contributed by atoms with Gasteiger partial charge in [-0.2, -0.15) is 0 Å². The van der Waals surface area contributed by atoms with Crippen LogP contribution in [0.2, 0.25) is 16.6 Å². The number of nitrogens with zero attached hydrogens (tertiary/aromatic N) is 1. The molecule has 0 bridgehead atoms. The third-order valence-electron chi connectivity index (χ3n) is 9.52. The number of hydrogen-bond donors (Lipinski definition) is 2. The molecule has 38 heavy (non-hydrogen) atoms. The van der Waals surface area contributed by atoms with E-state index in [9.17, 15) is 14.6 Å². The molecule has 1 saturated heterocycles. The highest BCUT2D eigenvalue weighted by Gasteiger charge is 2.49. The molecule has 7 heteroatoms. The highest BCUT2D eigenvalue weighted by atomic mass is 28.4. The van der Waals surface area contributed by atoms with Crippen molar-refractivity contribution in [1.82, 2.24) is 4.90 Å². The number of piperidine rings is 1. The standard InChI is InChI=1S/C31H46FNO4Si/c1-7-22(5)38(21(3)4,23(6)8-2)37-26-13-14-27-29(19-26)36-20-28(30(27)34)33-17-15-31(35,16-18-33)24-9-11-25(32)12-10-24/h9-14,19,21-23,28,30,34-35H,7-8,15-18,20H2,1-6H3. The van der Waals surface area contributed by atoms with Crippen LogP contribution >= 0.6 is 0 Å². The first-order valence-corrected chi connectivity index (χ1v) is 16.6. The zero-order chi connectivity index (χ0) is 27.7. The van der Waals surface area contributed by atoms with E-state index in [1.165, 1.54) is 12.1 Å². The lowest BCUT2D eigenvalue weighted by molar-refractivity contribution is -0.0665. The molecule has 2 N–H and O–H groups in total. The third-order valence-corrected chi connectivity index (χ3v) is 15.8. The van der Waals surface area contributed by atoms with E-state index in [1.807, 2.05) is 18.2 Å². The summed E-state index contributed by atoms with van der Waals surface area (Å²) in [6.07, 6.45) is 2.57. The summed E-state index contributed by atoms with van der Waals surface area (Å²) in [6.45, 7) is 15.5. The number of likely N-dealkylation sites (tertiary alicyclic amines) is 1. The minimum atomic E-state index is -2.14. The summed E-state index contributed by atoms with van der Waals surface area (Å²) in [4.78, 5) is 2.21. The molecule has 0 radical (unpaired) electrons. The maximum atomic E-state index is 13.4. The van der Waals surface area contributed by atoms with Crippen molar-refractivity contribution in [1.29, 1.82) is 0 Å². The molecule has 2 aromatic rings. The Morgan fingerprint density at radius 1 is 1.03 bits per heavy atom. The van der Waals surface area contributed by atoms with Crippen molar-refractivity contribution < 1.29 is 23.8 Å². The third kappa shape index (κ3) is 5.40. The van der Waals surface area contributed by atoms with Crippen LogP contribution < -0.4 is 9.16 Å². The Kier molecular flexibility index (Phi) is 8.92. The number of halogens is 1. The molecule has 0 aliphatic carbocycles. The average molecular weight is 544 g/mol. The molecule has 0 saturated carbocycles. The number of aliphatic hydroxyl groups is 2. The van der Waals surface area contributed by atoms with Gasteiger partial charge in [0.15, 0.2) is 0 Å². The van der Waals surface area contributed by atoms with Gasteiger partial charge in [0.1, 0.15) is 30.0 Å². The number of ether oxygens (including phenoxy) is 1. The smallest absolute Gasteiger partial charge is 0.259 e. The average Bonchev–Trinajstić information content (AvgIpc) is 2.91. The number of benzene rings is 2. The van der Waals surface area contributed by atoms with E-state index in [0.717, 1.165) is 29.7 Å². The Morgan fingerprint density at radius 3 is 2.18 bits per heavy atom. The Hall–Kier alpha value is -1.93. The number of hydrogen-bond acceptors (Lipinski definition) is 5. The van der Waals surface area contributed by atoms with Crippen molar-refractivity contribution >= 4 is 8.32 Å². The molecule has 210 valence electrons. The Labute approximate surface area is 229 Å². The molecule has 2 heterocycles. The van der Waals surface area contributed by atoms with E-state index in [0.29, 0.717) is 54.9 Å². The monoisotopic (exact) mass is 543 g/mol. The molecule has 4 atom stereocenters. The van der Waals surface area contributed by atoms with Gasteiger partial charge in [0.05, 0.1) is 11.6 Å². The summed E-state index contributed by atoms with van der Waals surface area (Å²) >= 11 is 0. The lowest BCUT2D eigenvalue weighted by atomic mass is 9.83. The zero-order valence-corrected chi connectivity index (χ0v) is 24.9. The largest absolute Gasteiger partial charge is 0.543 e. The fraction of sp³-hybridized carbons (Fsp3) is 0.613. The van der Waals surface area contributed by atoms with Gasteiger partial charge in [0.25, 0.3) is 8.32 Å². The van der Waals surface area contributed by atoms with E-state index >= 15 is 0 Å². The first kappa shape index (κ1) is 29.1. The molecule has 2 aliphatic rings. The van der Waals surface area contributed by atoms with E-state index in [2.05, 4.69) is 46.4 Å². The van der Waals surface area contributed by atoms with E-state index in [4.69, 9.17) is 9.16 Å². The van der Waals surface area contributed by atoms with Crippen LogP contribution in [0, 0.1) is 5.82 Å². The van der Waals surface area contributed by atoms with Crippen molar-refractivity contribution in [3.63, 3.8) is 0 Å². The first-order chi connectivity index (χ1) is 18.1. The summed E-state index contributed by atoms with van der Waals surface area (Å²) in [5.41, 5.74) is 2.08. The van der Waals surface area contributed by atoms with E-state index < -0.39 is 20.0 Å². The fourth-order valence-corrected chi connectivity index (χ4v) is 12.5. The highest BCUT2D eigenvalue weighted by molar-refractivity contribution is 6.78. The van der Waals surface area contributed by atoms with Crippen molar-refractivity contribution in [2.24, 2.45) is 0 Å². The normalized spacial score (nSPS) is 24.7. The molecule has 5 nitrogen and oxygen atoms in total. The van der Waals surface area contributed by atoms with Crippen LogP contribution in [0.15, 0.2) is 42.5 Å². The van der Waals surface area contributed by atoms with Crippen LogP contribution in [0.5, 0.6) is 11.5 Å². The molecule has 4 rings (SSSR count). The van der Waals surface area contributed by atoms with Crippen LogP contribution in [-0.4, -0.2) is 49.2 Å². The quantitative estimate of drug-likeness (QED) is 0.336. The van der Waals surface area contributed by atoms with Gasteiger partial charge in [-0.25, -0.2) is 4.39 Å². The second-order valence-electron chi connectivity index (χ2n) is 11.8. The minimum absolute atomic E-state index is 0.184. The van der Waals surface area contributed by atoms with Crippen molar-refractivity contribution in [2.75, 3.05) is 19.7 Å². The van der Waals surface area contributed by atoms with Crippen LogP contribution in [-0.2, 0) is 5.60 Å². The first-order valence-electron chi connectivity index (χ1n) is 14.4. The molecule has 1 fully saturated rings. The molecular formula is C31H46FNO4Si. The summed E-state index contributed by atoms with van der Waals surface area (Å²) < 4.78 is 26.6. The lowest BCUT2D eigenvalue weighted by Crippen LogP contribution is -2.52. The number of rotatable bonds is 9. The molecule has 0 spiro atoms. The summed E-state index contributed by atoms with van der Waals surface area (Å²) in [5, 5.41) is 22.6.